The van der Waals surface area contributed by atoms with Gasteiger partial charge in [-0.2, -0.15) is 0 Å². The molecule has 1 aromatic rings. The number of fused-ring (bicyclic) bond motifs is 1. The molecule has 0 saturated carbocycles. The minimum Gasteiger partial charge on any atom is -0.469 e. The molecule has 0 amide bonds. The van der Waals surface area contributed by atoms with E-state index in [1.807, 2.05) is 6.07 Å². The molecule has 1 aromatic heterocycles. The van der Waals surface area contributed by atoms with Crippen LogP contribution < -0.4 is 0 Å². The van der Waals surface area contributed by atoms with E-state index in [2.05, 4.69) is 13.8 Å². The molecule has 0 aliphatic heterocycles. The summed E-state index contributed by atoms with van der Waals surface area (Å²) in [6, 6.07) is 1.95. The van der Waals surface area contributed by atoms with Crippen LogP contribution in [-0.2, 0) is 12.0 Å². The highest BCUT2D eigenvalue weighted by Gasteiger charge is 2.36. The molecule has 0 aromatic carbocycles. The van der Waals surface area contributed by atoms with Crippen LogP contribution in [0, 0.1) is 5.92 Å². The molecule has 1 heterocycles. The smallest absolute Gasteiger partial charge is 0.109 e. The Morgan fingerprint density at radius 2 is 2.38 bits per heavy atom. The van der Waals surface area contributed by atoms with Gasteiger partial charge in [-0.15, -0.1) is 0 Å². The molecule has 1 aliphatic carbocycles. The summed E-state index contributed by atoms with van der Waals surface area (Å²) in [4.78, 5) is 0. The van der Waals surface area contributed by atoms with E-state index in [1.54, 1.807) is 6.26 Å². The summed E-state index contributed by atoms with van der Waals surface area (Å²) < 4.78 is 5.43. The lowest BCUT2D eigenvalue weighted by atomic mass is 9.77. The van der Waals surface area contributed by atoms with Crippen molar-refractivity contribution in [2.24, 2.45) is 5.92 Å². The molecule has 0 radical (unpaired) electrons. The minimum absolute atomic E-state index is 0.579. The molecule has 0 saturated heterocycles. The molecule has 0 fully saturated rings. The number of furan rings is 1. The Bertz CT molecular complexity index is 342. The van der Waals surface area contributed by atoms with Crippen LogP contribution >= 0.6 is 0 Å². The normalized spacial score (nSPS) is 26.4. The summed E-state index contributed by atoms with van der Waals surface area (Å²) in [5, 5.41) is 10.7. The molecular formula is C14H22O2. The molecule has 90 valence electrons. The zero-order valence-corrected chi connectivity index (χ0v) is 10.3. The van der Waals surface area contributed by atoms with E-state index >= 15 is 0 Å². The average molecular weight is 222 g/mol. The zero-order chi connectivity index (χ0) is 11.6. The van der Waals surface area contributed by atoms with Crippen molar-refractivity contribution >= 4 is 0 Å². The summed E-state index contributed by atoms with van der Waals surface area (Å²) in [7, 11) is 0. The lowest BCUT2D eigenvalue weighted by molar-refractivity contribution is -0.00624. The molecular weight excluding hydrogens is 200 g/mol. The van der Waals surface area contributed by atoms with Crippen LogP contribution in [0.3, 0.4) is 0 Å². The fraction of sp³-hybridized carbons (Fsp3) is 0.714. The van der Waals surface area contributed by atoms with Gasteiger partial charge >= 0.3 is 0 Å². The predicted molar refractivity (Wildman–Crippen MR) is 64.2 cm³/mol. The number of hydrogen-bond acceptors (Lipinski definition) is 2. The Hall–Kier alpha value is -0.760. The van der Waals surface area contributed by atoms with Crippen molar-refractivity contribution in [3.8, 4) is 0 Å². The van der Waals surface area contributed by atoms with E-state index in [0.29, 0.717) is 5.92 Å². The van der Waals surface area contributed by atoms with Gasteiger partial charge in [0.15, 0.2) is 0 Å². The van der Waals surface area contributed by atoms with Gasteiger partial charge in [-0.1, -0.05) is 26.7 Å². The molecule has 0 spiro atoms. The third-order valence-electron chi connectivity index (χ3n) is 3.71. The van der Waals surface area contributed by atoms with E-state index in [1.165, 1.54) is 12.8 Å². The molecule has 2 heteroatoms. The lowest BCUT2D eigenvalue weighted by Gasteiger charge is -2.34. The third-order valence-corrected chi connectivity index (χ3v) is 3.71. The fourth-order valence-electron chi connectivity index (χ4n) is 3.01. The maximum absolute atomic E-state index is 10.7. The molecule has 0 bridgehead atoms. The van der Waals surface area contributed by atoms with Crippen LogP contribution in [0.5, 0.6) is 0 Å². The molecule has 2 rings (SSSR count). The van der Waals surface area contributed by atoms with Gasteiger partial charge in [-0.05, 0) is 31.2 Å². The van der Waals surface area contributed by atoms with Crippen LogP contribution in [0.4, 0.5) is 0 Å². The quantitative estimate of drug-likeness (QED) is 0.844. The predicted octanol–water partition coefficient (Wildman–Crippen LogP) is 3.63. The van der Waals surface area contributed by atoms with Crippen LogP contribution in [0.2, 0.25) is 0 Å². The second kappa shape index (κ2) is 4.62. The highest BCUT2D eigenvalue weighted by atomic mass is 16.3. The van der Waals surface area contributed by atoms with Crippen molar-refractivity contribution in [2.45, 2.75) is 58.0 Å². The summed E-state index contributed by atoms with van der Waals surface area (Å²) in [6.45, 7) is 4.43. The van der Waals surface area contributed by atoms with Gasteiger partial charge < -0.3 is 9.52 Å². The standard InChI is InChI=1S/C14H22O2/c1-3-5-11(2)10-14(15)8-4-6-13-12(14)7-9-16-13/h7,9,11,15H,3-6,8,10H2,1-2H3. The van der Waals surface area contributed by atoms with Crippen LogP contribution in [-0.4, -0.2) is 5.11 Å². The second-order valence-electron chi connectivity index (χ2n) is 5.24. The summed E-state index contributed by atoms with van der Waals surface area (Å²) >= 11 is 0. The van der Waals surface area contributed by atoms with Crippen molar-refractivity contribution in [3.63, 3.8) is 0 Å². The number of aryl methyl sites for hydroxylation is 1. The first-order valence-electron chi connectivity index (χ1n) is 6.45. The van der Waals surface area contributed by atoms with Gasteiger partial charge in [0, 0.05) is 12.0 Å². The topological polar surface area (TPSA) is 33.4 Å². The van der Waals surface area contributed by atoms with E-state index in [4.69, 9.17) is 4.42 Å². The maximum atomic E-state index is 10.7. The van der Waals surface area contributed by atoms with Gasteiger partial charge in [0.25, 0.3) is 0 Å². The van der Waals surface area contributed by atoms with Crippen molar-refractivity contribution in [1.29, 1.82) is 0 Å². The maximum Gasteiger partial charge on any atom is 0.109 e. The Morgan fingerprint density at radius 3 is 3.12 bits per heavy atom. The number of rotatable bonds is 4. The van der Waals surface area contributed by atoms with E-state index in [9.17, 15) is 5.11 Å². The first kappa shape index (κ1) is 11.7. The Morgan fingerprint density at radius 1 is 1.56 bits per heavy atom. The third kappa shape index (κ3) is 2.17. The SMILES string of the molecule is CCCC(C)CC1(O)CCCc2occc21. The summed E-state index contributed by atoms with van der Waals surface area (Å²) in [6.07, 6.45) is 7.86. The Kier molecular flexibility index (Phi) is 3.38. The highest BCUT2D eigenvalue weighted by Crippen LogP contribution is 2.40. The largest absolute Gasteiger partial charge is 0.469 e. The second-order valence-corrected chi connectivity index (χ2v) is 5.24. The van der Waals surface area contributed by atoms with Crippen molar-refractivity contribution in [2.75, 3.05) is 0 Å². The molecule has 2 atom stereocenters. The summed E-state index contributed by atoms with van der Waals surface area (Å²) in [5.41, 5.74) is 0.413. The van der Waals surface area contributed by atoms with Gasteiger partial charge in [0.2, 0.25) is 0 Å². The van der Waals surface area contributed by atoms with Gasteiger partial charge in [-0.3, -0.25) is 0 Å². The van der Waals surface area contributed by atoms with Crippen LogP contribution in [0.1, 0.15) is 57.3 Å². The Balaban J connectivity index is 2.14. The van der Waals surface area contributed by atoms with Gasteiger partial charge in [0.05, 0.1) is 11.9 Å². The molecule has 2 unspecified atom stereocenters. The van der Waals surface area contributed by atoms with E-state index < -0.39 is 5.60 Å². The minimum atomic E-state index is -0.630. The van der Waals surface area contributed by atoms with Crippen LogP contribution in [0.15, 0.2) is 16.7 Å². The lowest BCUT2D eigenvalue weighted by Crippen LogP contribution is -2.31. The molecule has 1 N–H and O–H groups in total. The number of aliphatic hydroxyl groups is 1. The van der Waals surface area contributed by atoms with Crippen LogP contribution in [0.25, 0.3) is 0 Å². The Labute approximate surface area is 97.7 Å². The van der Waals surface area contributed by atoms with Crippen molar-refractivity contribution < 1.29 is 9.52 Å². The summed E-state index contributed by atoms with van der Waals surface area (Å²) in [5.74, 6) is 1.58. The van der Waals surface area contributed by atoms with Crippen molar-refractivity contribution in [1.82, 2.24) is 0 Å². The van der Waals surface area contributed by atoms with E-state index in [0.717, 1.165) is 37.0 Å². The monoisotopic (exact) mass is 222 g/mol. The average Bonchev–Trinajstić information content (AvgIpc) is 2.67. The number of hydrogen-bond donors (Lipinski definition) is 1. The molecule has 16 heavy (non-hydrogen) atoms. The molecule has 2 nitrogen and oxygen atoms in total. The highest BCUT2D eigenvalue weighted by molar-refractivity contribution is 5.27. The molecule has 1 aliphatic rings. The first-order chi connectivity index (χ1) is 7.65. The fourth-order valence-corrected chi connectivity index (χ4v) is 3.01. The van der Waals surface area contributed by atoms with E-state index in [-0.39, 0.29) is 0 Å². The van der Waals surface area contributed by atoms with Crippen molar-refractivity contribution in [3.05, 3.63) is 23.7 Å². The zero-order valence-electron chi connectivity index (χ0n) is 10.3. The van der Waals surface area contributed by atoms with Gasteiger partial charge in [0.1, 0.15) is 5.76 Å². The van der Waals surface area contributed by atoms with Gasteiger partial charge in [-0.25, -0.2) is 0 Å². The first-order valence-corrected chi connectivity index (χ1v) is 6.45.